The van der Waals surface area contributed by atoms with Crippen LogP contribution in [0.3, 0.4) is 0 Å². The van der Waals surface area contributed by atoms with Crippen LogP contribution >= 0.6 is 0 Å². The molecular weight excluding hydrogens is 264 g/mol. The molecule has 0 aliphatic rings. The van der Waals surface area contributed by atoms with Gasteiger partial charge in [-0.15, -0.1) is 12.8 Å². The van der Waals surface area contributed by atoms with Crippen LogP contribution in [-0.2, 0) is 0 Å². The van der Waals surface area contributed by atoms with Gasteiger partial charge in [0.1, 0.15) is 0 Å². The molecule has 0 bridgehead atoms. The maximum Gasteiger partial charge on any atom is 0.0248 e. The lowest BCUT2D eigenvalue weighted by Gasteiger charge is -2.07. The second kappa shape index (κ2) is 6.04. The summed E-state index contributed by atoms with van der Waals surface area (Å²) < 4.78 is 0. The lowest BCUT2D eigenvalue weighted by Crippen LogP contribution is -1.83. The van der Waals surface area contributed by atoms with E-state index in [1.165, 1.54) is 0 Å². The molecule has 0 N–H and O–H groups in total. The van der Waals surface area contributed by atoms with Crippen molar-refractivity contribution in [1.29, 1.82) is 0 Å². The van der Waals surface area contributed by atoms with E-state index in [0.717, 1.165) is 33.4 Å². The van der Waals surface area contributed by atoms with E-state index >= 15 is 0 Å². The van der Waals surface area contributed by atoms with Gasteiger partial charge in [-0.25, -0.2) is 0 Å². The van der Waals surface area contributed by atoms with Crippen LogP contribution in [-0.4, -0.2) is 0 Å². The van der Waals surface area contributed by atoms with E-state index in [1.807, 2.05) is 36.4 Å². The lowest BCUT2D eigenvalue weighted by atomic mass is 9.97. The van der Waals surface area contributed by atoms with Crippen molar-refractivity contribution in [2.45, 2.75) is 0 Å². The first-order chi connectivity index (χ1) is 10.8. The highest BCUT2D eigenvalue weighted by Gasteiger charge is 2.03. The van der Waals surface area contributed by atoms with Crippen molar-refractivity contribution in [1.82, 2.24) is 0 Å². The summed E-state index contributed by atoms with van der Waals surface area (Å²) in [6, 6.07) is 24.4. The lowest BCUT2D eigenvalue weighted by molar-refractivity contribution is 1.56. The van der Waals surface area contributed by atoms with Crippen LogP contribution < -0.4 is 0 Å². The Morgan fingerprint density at radius 2 is 0.864 bits per heavy atom. The summed E-state index contributed by atoms with van der Waals surface area (Å²) in [7, 11) is 0. The van der Waals surface area contributed by atoms with Crippen LogP contribution in [0.25, 0.3) is 22.3 Å². The Morgan fingerprint density at radius 3 is 1.27 bits per heavy atom. The van der Waals surface area contributed by atoms with E-state index in [0.29, 0.717) is 0 Å². The van der Waals surface area contributed by atoms with Gasteiger partial charge in [0.05, 0.1) is 0 Å². The van der Waals surface area contributed by atoms with Gasteiger partial charge in [-0.1, -0.05) is 54.3 Å². The van der Waals surface area contributed by atoms with E-state index in [4.69, 9.17) is 12.8 Å². The van der Waals surface area contributed by atoms with Gasteiger partial charge in [-0.2, -0.15) is 0 Å². The average molecular weight is 278 g/mol. The summed E-state index contributed by atoms with van der Waals surface area (Å²) in [4.78, 5) is 0. The minimum Gasteiger partial charge on any atom is -0.115 e. The third kappa shape index (κ3) is 2.78. The average Bonchev–Trinajstić information content (AvgIpc) is 2.62. The van der Waals surface area contributed by atoms with Crippen molar-refractivity contribution in [3.63, 3.8) is 0 Å². The fraction of sp³-hybridized carbons (Fsp3) is 0. The maximum atomic E-state index is 5.48. The number of hydrogen-bond donors (Lipinski definition) is 0. The normalized spacial score (nSPS) is 9.73. The molecule has 0 heteroatoms. The van der Waals surface area contributed by atoms with E-state index in [2.05, 4.69) is 48.2 Å². The monoisotopic (exact) mass is 278 g/mol. The molecule has 0 amide bonds. The van der Waals surface area contributed by atoms with E-state index in [9.17, 15) is 0 Å². The zero-order valence-corrected chi connectivity index (χ0v) is 12.1. The molecule has 0 spiro atoms. The summed E-state index contributed by atoms with van der Waals surface area (Å²) in [6.45, 7) is 0. The molecule has 22 heavy (non-hydrogen) atoms. The highest BCUT2D eigenvalue weighted by Crippen LogP contribution is 2.27. The first kappa shape index (κ1) is 13.7. The molecule has 0 unspecified atom stereocenters. The topological polar surface area (TPSA) is 0 Å². The van der Waals surface area contributed by atoms with Crippen molar-refractivity contribution >= 4 is 0 Å². The molecule has 3 aromatic rings. The second-order valence-electron chi connectivity index (χ2n) is 5.03. The molecule has 0 saturated carbocycles. The maximum absolute atomic E-state index is 5.48. The molecule has 102 valence electrons. The van der Waals surface area contributed by atoms with Crippen molar-refractivity contribution in [2.75, 3.05) is 0 Å². The molecule has 0 fully saturated rings. The van der Waals surface area contributed by atoms with Gasteiger partial charge < -0.3 is 0 Å². The molecule has 3 rings (SSSR count). The Balaban J connectivity index is 2.06. The Bertz CT molecular complexity index is 829. The van der Waals surface area contributed by atoms with Crippen LogP contribution in [0.15, 0.2) is 72.8 Å². The van der Waals surface area contributed by atoms with Gasteiger partial charge in [0.2, 0.25) is 0 Å². The molecule has 0 heterocycles. The number of terminal acetylenes is 2. The predicted octanol–water partition coefficient (Wildman–Crippen LogP) is 4.98. The molecule has 0 saturated heterocycles. The van der Waals surface area contributed by atoms with Crippen molar-refractivity contribution < 1.29 is 0 Å². The minimum atomic E-state index is 0.886. The Hall–Kier alpha value is -3.22. The SMILES string of the molecule is C#Cc1cccc(-c2cccc(-c3cccc(C#C)c3)c2)c1. The highest BCUT2D eigenvalue weighted by atomic mass is 14.1. The van der Waals surface area contributed by atoms with Crippen molar-refractivity contribution in [2.24, 2.45) is 0 Å². The summed E-state index contributed by atoms with van der Waals surface area (Å²) in [6.07, 6.45) is 11.0. The fourth-order valence-electron chi connectivity index (χ4n) is 2.46. The largest absolute Gasteiger partial charge is 0.115 e. The van der Waals surface area contributed by atoms with Gasteiger partial charge in [-0.05, 0) is 52.6 Å². The Kier molecular flexibility index (Phi) is 3.78. The highest BCUT2D eigenvalue weighted by molar-refractivity contribution is 5.74. The van der Waals surface area contributed by atoms with Gasteiger partial charge in [0.25, 0.3) is 0 Å². The minimum absolute atomic E-state index is 0.886. The molecule has 0 aromatic heterocycles. The smallest absolute Gasteiger partial charge is 0.0248 e. The van der Waals surface area contributed by atoms with Crippen LogP contribution in [0.2, 0.25) is 0 Å². The molecular formula is C22H14. The van der Waals surface area contributed by atoms with Crippen molar-refractivity contribution in [3.05, 3.63) is 83.9 Å². The van der Waals surface area contributed by atoms with E-state index < -0.39 is 0 Å². The Morgan fingerprint density at radius 1 is 0.500 bits per heavy atom. The van der Waals surface area contributed by atoms with E-state index in [-0.39, 0.29) is 0 Å². The first-order valence-electron chi connectivity index (χ1n) is 7.04. The summed E-state index contributed by atoms with van der Waals surface area (Å²) in [5.41, 5.74) is 6.28. The molecule has 0 aliphatic carbocycles. The predicted molar refractivity (Wildman–Crippen MR) is 93.2 cm³/mol. The van der Waals surface area contributed by atoms with Crippen LogP contribution in [0, 0.1) is 24.7 Å². The number of benzene rings is 3. The second-order valence-corrected chi connectivity index (χ2v) is 5.03. The van der Waals surface area contributed by atoms with Crippen LogP contribution in [0.4, 0.5) is 0 Å². The summed E-state index contributed by atoms with van der Waals surface area (Å²) >= 11 is 0. The third-order valence-corrected chi connectivity index (χ3v) is 3.59. The fourth-order valence-corrected chi connectivity index (χ4v) is 2.46. The molecule has 3 aromatic carbocycles. The standard InChI is InChI=1S/C22H14/c1-3-17-8-5-10-19(14-17)21-12-7-13-22(16-21)20-11-6-9-18(4-2)15-20/h1-2,5-16H. The van der Waals surface area contributed by atoms with Gasteiger partial charge in [0.15, 0.2) is 0 Å². The third-order valence-electron chi connectivity index (χ3n) is 3.59. The number of hydrogen-bond acceptors (Lipinski definition) is 0. The van der Waals surface area contributed by atoms with Gasteiger partial charge in [-0.3, -0.25) is 0 Å². The van der Waals surface area contributed by atoms with Crippen LogP contribution in [0.5, 0.6) is 0 Å². The molecule has 0 aliphatic heterocycles. The molecule has 0 nitrogen and oxygen atoms in total. The summed E-state index contributed by atoms with van der Waals surface area (Å²) in [5, 5.41) is 0. The van der Waals surface area contributed by atoms with Gasteiger partial charge >= 0.3 is 0 Å². The number of rotatable bonds is 2. The zero-order chi connectivity index (χ0) is 15.4. The molecule has 0 atom stereocenters. The van der Waals surface area contributed by atoms with Crippen LogP contribution in [0.1, 0.15) is 11.1 Å². The van der Waals surface area contributed by atoms with Crippen molar-refractivity contribution in [3.8, 4) is 46.9 Å². The summed E-state index contributed by atoms with van der Waals surface area (Å²) in [5.74, 6) is 5.35. The first-order valence-corrected chi connectivity index (χ1v) is 7.04. The Labute approximate surface area is 131 Å². The van der Waals surface area contributed by atoms with Gasteiger partial charge in [0, 0.05) is 11.1 Å². The zero-order valence-electron chi connectivity index (χ0n) is 12.1. The quantitative estimate of drug-likeness (QED) is 0.580. The van der Waals surface area contributed by atoms with E-state index in [1.54, 1.807) is 0 Å². The molecule has 0 radical (unpaired) electrons.